The topological polar surface area (TPSA) is 61.9 Å². The SMILES string of the molecule is Cc1ncc(N2C(=O)C(C)(C)C3CC=C(c4ccc(C)[nH]4)C=C32)cn1. The molecule has 1 amide bonds. The van der Waals surface area contributed by atoms with Crippen LogP contribution in [0.15, 0.2) is 42.4 Å². The first kappa shape index (κ1) is 15.8. The first-order valence-electron chi connectivity index (χ1n) is 8.59. The maximum atomic E-state index is 13.1. The van der Waals surface area contributed by atoms with Crippen molar-refractivity contribution in [2.24, 2.45) is 11.3 Å². The Morgan fingerprint density at radius 3 is 2.56 bits per heavy atom. The zero-order chi connectivity index (χ0) is 17.8. The normalized spacial score (nSPS) is 21.8. The van der Waals surface area contributed by atoms with Gasteiger partial charge >= 0.3 is 0 Å². The van der Waals surface area contributed by atoms with Crippen molar-refractivity contribution in [2.45, 2.75) is 34.1 Å². The van der Waals surface area contributed by atoms with E-state index < -0.39 is 5.41 Å². The lowest BCUT2D eigenvalue weighted by Crippen LogP contribution is -2.31. The van der Waals surface area contributed by atoms with Crippen LogP contribution in [0.3, 0.4) is 0 Å². The van der Waals surface area contributed by atoms with Gasteiger partial charge in [-0.1, -0.05) is 19.9 Å². The van der Waals surface area contributed by atoms with Crippen molar-refractivity contribution in [3.63, 3.8) is 0 Å². The van der Waals surface area contributed by atoms with Gasteiger partial charge in [0.1, 0.15) is 5.82 Å². The van der Waals surface area contributed by atoms with Gasteiger partial charge in [-0.3, -0.25) is 9.69 Å². The molecule has 2 aromatic rings. The van der Waals surface area contributed by atoms with Crippen LogP contribution in [0.25, 0.3) is 5.57 Å². The predicted octanol–water partition coefficient (Wildman–Crippen LogP) is 3.78. The Hall–Kier alpha value is -2.69. The molecule has 128 valence electrons. The Bertz CT molecular complexity index is 902. The van der Waals surface area contributed by atoms with Gasteiger partial charge in [-0.2, -0.15) is 0 Å². The zero-order valence-electron chi connectivity index (χ0n) is 15.0. The second-order valence-corrected chi connectivity index (χ2v) is 7.42. The average molecular weight is 334 g/mol. The lowest BCUT2D eigenvalue weighted by atomic mass is 9.76. The molecule has 2 aromatic heterocycles. The Morgan fingerprint density at radius 2 is 1.92 bits per heavy atom. The van der Waals surface area contributed by atoms with Crippen LogP contribution in [0.4, 0.5) is 5.69 Å². The van der Waals surface area contributed by atoms with Gasteiger partial charge in [-0.15, -0.1) is 0 Å². The molecule has 5 nitrogen and oxygen atoms in total. The maximum Gasteiger partial charge on any atom is 0.237 e. The molecule has 1 aliphatic heterocycles. The molecular weight excluding hydrogens is 312 g/mol. The van der Waals surface area contributed by atoms with Crippen molar-refractivity contribution in [2.75, 3.05) is 4.90 Å². The van der Waals surface area contributed by atoms with Crippen LogP contribution < -0.4 is 4.90 Å². The zero-order valence-corrected chi connectivity index (χ0v) is 15.0. The molecule has 0 aromatic carbocycles. The number of hydrogen-bond acceptors (Lipinski definition) is 3. The number of aromatic nitrogens is 3. The molecule has 1 saturated heterocycles. The van der Waals surface area contributed by atoms with Crippen molar-refractivity contribution in [1.29, 1.82) is 0 Å². The number of rotatable bonds is 2. The number of anilines is 1. The number of aryl methyl sites for hydroxylation is 2. The second-order valence-electron chi connectivity index (χ2n) is 7.42. The summed E-state index contributed by atoms with van der Waals surface area (Å²) in [5.41, 5.74) is 4.67. The van der Waals surface area contributed by atoms with Gasteiger partial charge in [0.25, 0.3) is 0 Å². The van der Waals surface area contributed by atoms with Gasteiger partial charge in [0.15, 0.2) is 0 Å². The van der Waals surface area contributed by atoms with E-state index in [-0.39, 0.29) is 11.8 Å². The molecule has 1 fully saturated rings. The minimum absolute atomic E-state index is 0.105. The molecule has 0 radical (unpaired) electrons. The van der Waals surface area contributed by atoms with Gasteiger partial charge in [0, 0.05) is 23.0 Å². The Labute approximate surface area is 147 Å². The number of H-pyrrole nitrogens is 1. The molecular formula is C20H22N4O. The standard InChI is InChI=1S/C20H22N4O/c1-12-5-8-17(23-12)14-6-7-16-18(9-14)24(19(25)20(16,3)4)15-10-21-13(2)22-11-15/h5-6,8-11,16,23H,7H2,1-4H3. The molecule has 5 heteroatoms. The molecule has 1 unspecified atom stereocenters. The number of allylic oxidation sites excluding steroid dienone is 4. The largest absolute Gasteiger partial charge is 0.359 e. The van der Waals surface area contributed by atoms with Crippen molar-refractivity contribution in [3.8, 4) is 0 Å². The van der Waals surface area contributed by atoms with E-state index in [2.05, 4.69) is 39.2 Å². The number of carbonyl (C=O) groups is 1. The third kappa shape index (κ3) is 2.42. The molecule has 4 rings (SSSR count). The summed E-state index contributed by atoms with van der Waals surface area (Å²) < 4.78 is 0. The van der Waals surface area contributed by atoms with Crippen LogP contribution >= 0.6 is 0 Å². The molecule has 2 aliphatic rings. The predicted molar refractivity (Wildman–Crippen MR) is 97.7 cm³/mol. The van der Waals surface area contributed by atoms with Gasteiger partial charge in [0.05, 0.1) is 23.5 Å². The maximum absolute atomic E-state index is 13.1. The number of aromatic amines is 1. The quantitative estimate of drug-likeness (QED) is 0.909. The smallest absolute Gasteiger partial charge is 0.237 e. The monoisotopic (exact) mass is 334 g/mol. The van der Waals surface area contributed by atoms with E-state index in [0.717, 1.165) is 34.8 Å². The summed E-state index contributed by atoms with van der Waals surface area (Å²) >= 11 is 0. The lowest BCUT2D eigenvalue weighted by Gasteiger charge is -2.25. The van der Waals surface area contributed by atoms with Crippen LogP contribution in [0.1, 0.15) is 37.5 Å². The van der Waals surface area contributed by atoms with Crippen molar-refractivity contribution >= 4 is 17.2 Å². The third-order valence-electron chi connectivity index (χ3n) is 5.29. The molecule has 1 aliphatic carbocycles. The molecule has 1 N–H and O–H groups in total. The van der Waals surface area contributed by atoms with Gasteiger partial charge in [-0.25, -0.2) is 9.97 Å². The number of amides is 1. The fourth-order valence-electron chi connectivity index (χ4n) is 3.75. The minimum atomic E-state index is -0.440. The Morgan fingerprint density at radius 1 is 1.20 bits per heavy atom. The third-order valence-corrected chi connectivity index (χ3v) is 5.29. The second kappa shape index (κ2) is 5.41. The van der Waals surface area contributed by atoms with E-state index in [1.807, 2.05) is 27.7 Å². The number of fused-ring (bicyclic) bond motifs is 1. The van der Waals surface area contributed by atoms with Gasteiger partial charge < -0.3 is 4.98 Å². The Kier molecular flexibility index (Phi) is 3.42. The summed E-state index contributed by atoms with van der Waals surface area (Å²) in [6, 6.07) is 4.15. The lowest BCUT2D eigenvalue weighted by molar-refractivity contribution is -0.125. The van der Waals surface area contributed by atoms with Crippen LogP contribution in [-0.2, 0) is 4.79 Å². The fourth-order valence-corrected chi connectivity index (χ4v) is 3.75. The highest BCUT2D eigenvalue weighted by Gasteiger charge is 2.51. The van der Waals surface area contributed by atoms with Crippen LogP contribution in [0, 0.1) is 25.2 Å². The first-order valence-corrected chi connectivity index (χ1v) is 8.59. The first-order chi connectivity index (χ1) is 11.9. The summed E-state index contributed by atoms with van der Waals surface area (Å²) in [6.07, 6.45) is 8.67. The number of hydrogen-bond donors (Lipinski definition) is 1. The molecule has 0 spiro atoms. The summed E-state index contributed by atoms with van der Waals surface area (Å²) in [5, 5.41) is 0. The minimum Gasteiger partial charge on any atom is -0.359 e. The summed E-state index contributed by atoms with van der Waals surface area (Å²) in [4.78, 5) is 26.8. The molecule has 0 bridgehead atoms. The van der Waals surface area contributed by atoms with E-state index in [1.165, 1.54) is 0 Å². The number of nitrogens with zero attached hydrogens (tertiary/aromatic N) is 3. The van der Waals surface area contributed by atoms with Gasteiger partial charge in [-0.05, 0) is 44.1 Å². The summed E-state index contributed by atoms with van der Waals surface area (Å²) in [5.74, 6) is 0.973. The highest BCUT2D eigenvalue weighted by atomic mass is 16.2. The fraction of sp³-hybridized carbons (Fsp3) is 0.350. The van der Waals surface area contributed by atoms with Crippen LogP contribution in [-0.4, -0.2) is 20.9 Å². The van der Waals surface area contributed by atoms with Crippen molar-refractivity contribution in [1.82, 2.24) is 15.0 Å². The van der Waals surface area contributed by atoms with E-state index in [0.29, 0.717) is 5.82 Å². The van der Waals surface area contributed by atoms with E-state index in [4.69, 9.17) is 0 Å². The van der Waals surface area contributed by atoms with E-state index in [1.54, 1.807) is 17.3 Å². The summed E-state index contributed by atoms with van der Waals surface area (Å²) in [7, 11) is 0. The molecule has 0 saturated carbocycles. The van der Waals surface area contributed by atoms with Crippen molar-refractivity contribution in [3.05, 3.63) is 59.6 Å². The molecule has 3 heterocycles. The highest BCUT2D eigenvalue weighted by molar-refractivity contribution is 6.04. The average Bonchev–Trinajstić information content (AvgIpc) is 3.10. The number of carbonyl (C=O) groups excluding carboxylic acids is 1. The van der Waals surface area contributed by atoms with Crippen LogP contribution in [0.5, 0.6) is 0 Å². The highest BCUT2D eigenvalue weighted by Crippen LogP contribution is 2.50. The van der Waals surface area contributed by atoms with Gasteiger partial charge in [0.2, 0.25) is 5.91 Å². The molecule has 25 heavy (non-hydrogen) atoms. The number of nitrogens with one attached hydrogen (secondary N) is 1. The van der Waals surface area contributed by atoms with E-state index in [9.17, 15) is 4.79 Å². The van der Waals surface area contributed by atoms with Crippen LogP contribution in [0.2, 0.25) is 0 Å². The molecule has 1 atom stereocenters. The van der Waals surface area contributed by atoms with Crippen molar-refractivity contribution < 1.29 is 4.79 Å². The summed E-state index contributed by atoms with van der Waals surface area (Å²) in [6.45, 7) is 7.94. The van der Waals surface area contributed by atoms with E-state index >= 15 is 0 Å². The Balaban J connectivity index is 1.80.